The third-order valence-corrected chi connectivity index (χ3v) is 2.96. The molecule has 2 rings (SSSR count). The van der Waals surface area contributed by atoms with E-state index in [2.05, 4.69) is 10.3 Å². The minimum atomic E-state index is -0.816. The lowest BCUT2D eigenvalue weighted by Crippen LogP contribution is -2.19. The van der Waals surface area contributed by atoms with Gasteiger partial charge in [-0.05, 0) is 24.3 Å². The van der Waals surface area contributed by atoms with Crippen LogP contribution in [0.15, 0.2) is 30.5 Å². The molecule has 0 bridgehead atoms. The molecule has 2 aromatic rings. The number of nitrogens with one attached hydrogen (secondary N) is 1. The second kappa shape index (κ2) is 5.23. The highest BCUT2D eigenvalue weighted by Gasteiger charge is 2.11. The Hall–Kier alpha value is -1.81. The second-order valence-electron chi connectivity index (χ2n) is 4.14. The number of aliphatic carboxylic acids is 1. The van der Waals surface area contributed by atoms with E-state index in [0.717, 1.165) is 16.6 Å². The summed E-state index contributed by atoms with van der Waals surface area (Å²) < 4.78 is 0. The molecule has 0 spiro atoms. The van der Waals surface area contributed by atoms with Crippen LogP contribution >= 0.6 is 11.6 Å². The van der Waals surface area contributed by atoms with Gasteiger partial charge in [-0.2, -0.15) is 0 Å². The monoisotopic (exact) mass is 264 g/mol. The normalized spacial score (nSPS) is 12.3. The fourth-order valence-corrected chi connectivity index (χ4v) is 1.79. The van der Waals surface area contributed by atoms with Gasteiger partial charge in [0.1, 0.15) is 0 Å². The Balaban J connectivity index is 2.26. The number of pyridine rings is 1. The zero-order valence-corrected chi connectivity index (χ0v) is 10.6. The van der Waals surface area contributed by atoms with Crippen LogP contribution in [0.2, 0.25) is 5.02 Å². The molecule has 4 nitrogen and oxygen atoms in total. The molecule has 1 heterocycles. The molecular weight excluding hydrogens is 252 g/mol. The highest BCUT2D eigenvalue weighted by molar-refractivity contribution is 6.31. The van der Waals surface area contributed by atoms with Crippen molar-refractivity contribution in [3.8, 4) is 0 Å². The van der Waals surface area contributed by atoms with Crippen LogP contribution in [-0.4, -0.2) is 22.6 Å². The molecule has 5 heteroatoms. The quantitative estimate of drug-likeness (QED) is 0.891. The van der Waals surface area contributed by atoms with Crippen molar-refractivity contribution in [3.05, 3.63) is 35.5 Å². The largest absolute Gasteiger partial charge is 0.481 e. The zero-order chi connectivity index (χ0) is 13.1. The Bertz CT molecular complexity index is 586. The van der Waals surface area contributed by atoms with E-state index in [9.17, 15) is 4.79 Å². The number of anilines is 1. The smallest absolute Gasteiger partial charge is 0.308 e. The standard InChI is InChI=1S/C13H13ClN2O2/c1-8(13(17)18)7-16-11-4-5-15-12-6-9(14)2-3-10(11)12/h2-6,8H,7H2,1H3,(H,15,16)(H,17,18). The Morgan fingerprint density at radius 3 is 3.00 bits per heavy atom. The second-order valence-corrected chi connectivity index (χ2v) is 4.58. The lowest BCUT2D eigenvalue weighted by molar-refractivity contribution is -0.140. The van der Waals surface area contributed by atoms with Crippen LogP contribution < -0.4 is 5.32 Å². The number of hydrogen-bond donors (Lipinski definition) is 2. The molecular formula is C13H13ClN2O2. The van der Waals surface area contributed by atoms with Crippen molar-refractivity contribution in [2.75, 3.05) is 11.9 Å². The van der Waals surface area contributed by atoms with Crippen molar-refractivity contribution in [3.63, 3.8) is 0 Å². The first-order chi connectivity index (χ1) is 8.58. The molecule has 1 atom stereocenters. The highest BCUT2D eigenvalue weighted by atomic mass is 35.5. The van der Waals surface area contributed by atoms with Crippen LogP contribution in [0.4, 0.5) is 5.69 Å². The summed E-state index contributed by atoms with van der Waals surface area (Å²) in [5, 5.41) is 13.5. The molecule has 0 amide bonds. The Morgan fingerprint density at radius 2 is 2.28 bits per heavy atom. The number of nitrogens with zero attached hydrogens (tertiary/aromatic N) is 1. The van der Waals surface area contributed by atoms with E-state index >= 15 is 0 Å². The van der Waals surface area contributed by atoms with Gasteiger partial charge < -0.3 is 10.4 Å². The number of fused-ring (bicyclic) bond motifs is 1. The summed E-state index contributed by atoms with van der Waals surface area (Å²) in [6.07, 6.45) is 1.67. The fraction of sp³-hybridized carbons (Fsp3) is 0.231. The van der Waals surface area contributed by atoms with Crippen molar-refractivity contribution in [1.82, 2.24) is 4.98 Å². The molecule has 1 aromatic carbocycles. The van der Waals surface area contributed by atoms with Crippen molar-refractivity contribution in [2.24, 2.45) is 5.92 Å². The molecule has 94 valence electrons. The molecule has 0 saturated heterocycles. The van der Waals surface area contributed by atoms with Gasteiger partial charge in [0.05, 0.1) is 11.4 Å². The predicted molar refractivity (Wildman–Crippen MR) is 72.0 cm³/mol. The first-order valence-corrected chi connectivity index (χ1v) is 5.96. The van der Waals surface area contributed by atoms with Crippen LogP contribution in [0.3, 0.4) is 0 Å². The van der Waals surface area contributed by atoms with Gasteiger partial charge in [0, 0.05) is 28.8 Å². The molecule has 0 radical (unpaired) electrons. The number of halogens is 1. The summed E-state index contributed by atoms with van der Waals surface area (Å²) >= 11 is 5.90. The van der Waals surface area contributed by atoms with Gasteiger partial charge in [0.15, 0.2) is 0 Å². The molecule has 2 N–H and O–H groups in total. The number of carboxylic acids is 1. The number of carbonyl (C=O) groups is 1. The summed E-state index contributed by atoms with van der Waals surface area (Å²) in [6.45, 7) is 2.03. The zero-order valence-electron chi connectivity index (χ0n) is 9.85. The maximum absolute atomic E-state index is 10.8. The molecule has 1 unspecified atom stereocenters. The van der Waals surface area contributed by atoms with Gasteiger partial charge >= 0.3 is 5.97 Å². The lowest BCUT2D eigenvalue weighted by Gasteiger charge is -2.11. The van der Waals surface area contributed by atoms with Crippen LogP contribution in [0, 0.1) is 5.92 Å². The van der Waals surface area contributed by atoms with Crippen LogP contribution in [-0.2, 0) is 4.79 Å². The SMILES string of the molecule is CC(CNc1ccnc2cc(Cl)ccc12)C(=O)O. The number of hydrogen-bond acceptors (Lipinski definition) is 3. The van der Waals surface area contributed by atoms with E-state index < -0.39 is 11.9 Å². The molecule has 0 aliphatic carbocycles. The van der Waals surface area contributed by atoms with E-state index in [-0.39, 0.29) is 0 Å². The average molecular weight is 265 g/mol. The van der Waals surface area contributed by atoms with Crippen LogP contribution in [0.1, 0.15) is 6.92 Å². The van der Waals surface area contributed by atoms with Crippen molar-refractivity contribution in [2.45, 2.75) is 6.92 Å². The first-order valence-electron chi connectivity index (χ1n) is 5.59. The van der Waals surface area contributed by atoms with Crippen LogP contribution in [0.25, 0.3) is 10.9 Å². The van der Waals surface area contributed by atoms with E-state index in [4.69, 9.17) is 16.7 Å². The molecule has 0 fully saturated rings. The number of rotatable bonds is 4. The highest BCUT2D eigenvalue weighted by Crippen LogP contribution is 2.24. The Labute approximate surface area is 110 Å². The predicted octanol–water partition coefficient (Wildman–Crippen LogP) is 3.02. The Morgan fingerprint density at radius 1 is 1.50 bits per heavy atom. The molecule has 1 aromatic heterocycles. The lowest BCUT2D eigenvalue weighted by atomic mass is 10.1. The van der Waals surface area contributed by atoms with E-state index in [1.165, 1.54) is 0 Å². The third kappa shape index (κ3) is 2.71. The van der Waals surface area contributed by atoms with Crippen molar-refractivity contribution in [1.29, 1.82) is 0 Å². The summed E-state index contributed by atoms with van der Waals surface area (Å²) in [5.41, 5.74) is 1.65. The number of carboxylic acid groups (broad SMARTS) is 1. The maximum atomic E-state index is 10.8. The van der Waals surface area contributed by atoms with E-state index in [1.54, 1.807) is 25.3 Å². The van der Waals surface area contributed by atoms with Crippen molar-refractivity contribution < 1.29 is 9.90 Å². The Kier molecular flexibility index (Phi) is 3.67. The molecule has 0 aliphatic heterocycles. The summed E-state index contributed by atoms with van der Waals surface area (Å²) in [5.74, 6) is -1.26. The van der Waals surface area contributed by atoms with Gasteiger partial charge in [0.2, 0.25) is 0 Å². The third-order valence-electron chi connectivity index (χ3n) is 2.73. The number of benzene rings is 1. The van der Waals surface area contributed by atoms with E-state index in [1.807, 2.05) is 12.1 Å². The molecule has 0 aliphatic rings. The molecule has 0 saturated carbocycles. The van der Waals surface area contributed by atoms with Gasteiger partial charge in [0.25, 0.3) is 0 Å². The molecule has 18 heavy (non-hydrogen) atoms. The minimum absolute atomic E-state index is 0.372. The van der Waals surface area contributed by atoms with Gasteiger partial charge in [-0.15, -0.1) is 0 Å². The summed E-state index contributed by atoms with van der Waals surface area (Å²) in [6, 6.07) is 7.27. The maximum Gasteiger partial charge on any atom is 0.308 e. The van der Waals surface area contributed by atoms with E-state index in [0.29, 0.717) is 11.6 Å². The van der Waals surface area contributed by atoms with Gasteiger partial charge in [-0.25, -0.2) is 0 Å². The first kappa shape index (κ1) is 12.6. The van der Waals surface area contributed by atoms with Gasteiger partial charge in [-0.3, -0.25) is 9.78 Å². The summed E-state index contributed by atoms with van der Waals surface area (Å²) in [7, 11) is 0. The minimum Gasteiger partial charge on any atom is -0.481 e. The van der Waals surface area contributed by atoms with Crippen molar-refractivity contribution >= 4 is 34.2 Å². The van der Waals surface area contributed by atoms with Gasteiger partial charge in [-0.1, -0.05) is 18.5 Å². The average Bonchev–Trinajstić information content (AvgIpc) is 2.35. The fourth-order valence-electron chi connectivity index (χ4n) is 1.63. The number of aromatic nitrogens is 1. The topological polar surface area (TPSA) is 62.2 Å². The van der Waals surface area contributed by atoms with Crippen LogP contribution in [0.5, 0.6) is 0 Å². The summed E-state index contributed by atoms with van der Waals surface area (Å²) in [4.78, 5) is 15.0.